The Hall–Kier alpha value is -3.67. The van der Waals surface area contributed by atoms with E-state index < -0.39 is 0 Å². The van der Waals surface area contributed by atoms with Crippen molar-refractivity contribution < 1.29 is 14.3 Å². The van der Waals surface area contributed by atoms with Gasteiger partial charge in [0, 0.05) is 24.4 Å². The lowest BCUT2D eigenvalue weighted by atomic mass is 9.87. The van der Waals surface area contributed by atoms with Crippen molar-refractivity contribution >= 4 is 12.1 Å². The SMILES string of the molecule is CC(C)(C)c1ccc(OCCCOc2cccc(/C=N/NC(=O)c3ccncc3)c2)cc1. The van der Waals surface area contributed by atoms with Crippen LogP contribution in [-0.2, 0) is 5.41 Å². The zero-order valence-electron chi connectivity index (χ0n) is 18.7. The summed E-state index contributed by atoms with van der Waals surface area (Å²) in [6.45, 7) is 7.70. The highest BCUT2D eigenvalue weighted by Gasteiger charge is 2.12. The zero-order valence-corrected chi connectivity index (χ0v) is 18.7. The summed E-state index contributed by atoms with van der Waals surface area (Å²) in [6, 6.07) is 19.0. The molecule has 6 heteroatoms. The number of ether oxygens (including phenoxy) is 2. The van der Waals surface area contributed by atoms with Gasteiger partial charge in [0.2, 0.25) is 0 Å². The maximum absolute atomic E-state index is 12.0. The molecule has 0 spiro atoms. The Labute approximate surface area is 189 Å². The first-order chi connectivity index (χ1) is 15.4. The summed E-state index contributed by atoms with van der Waals surface area (Å²) in [5, 5.41) is 4.00. The van der Waals surface area contributed by atoms with Gasteiger partial charge < -0.3 is 9.47 Å². The van der Waals surface area contributed by atoms with Crippen LogP contribution in [0.5, 0.6) is 11.5 Å². The van der Waals surface area contributed by atoms with Gasteiger partial charge in [0.1, 0.15) is 11.5 Å². The fourth-order valence-corrected chi connectivity index (χ4v) is 2.91. The number of carbonyl (C=O) groups excluding carboxylic acids is 1. The van der Waals surface area contributed by atoms with E-state index >= 15 is 0 Å². The third kappa shape index (κ3) is 7.23. The second-order valence-electron chi connectivity index (χ2n) is 8.33. The van der Waals surface area contributed by atoms with Gasteiger partial charge in [0.15, 0.2) is 0 Å². The van der Waals surface area contributed by atoms with E-state index in [2.05, 4.69) is 48.4 Å². The lowest BCUT2D eigenvalue weighted by molar-refractivity contribution is 0.0955. The molecule has 0 saturated heterocycles. The van der Waals surface area contributed by atoms with Gasteiger partial charge in [-0.25, -0.2) is 5.43 Å². The Morgan fingerprint density at radius 3 is 2.34 bits per heavy atom. The van der Waals surface area contributed by atoms with Crippen LogP contribution in [0, 0.1) is 0 Å². The predicted molar refractivity (Wildman–Crippen MR) is 126 cm³/mol. The summed E-state index contributed by atoms with van der Waals surface area (Å²) in [5.41, 5.74) is 5.25. The largest absolute Gasteiger partial charge is 0.493 e. The van der Waals surface area contributed by atoms with Gasteiger partial charge >= 0.3 is 0 Å². The molecule has 0 saturated carbocycles. The zero-order chi connectivity index (χ0) is 22.8. The van der Waals surface area contributed by atoms with Crippen LogP contribution >= 0.6 is 0 Å². The van der Waals surface area contributed by atoms with Crippen molar-refractivity contribution in [1.29, 1.82) is 0 Å². The van der Waals surface area contributed by atoms with Gasteiger partial charge in [-0.2, -0.15) is 5.10 Å². The highest BCUT2D eigenvalue weighted by molar-refractivity contribution is 5.94. The Bertz CT molecular complexity index is 1030. The normalized spacial score (nSPS) is 11.3. The lowest BCUT2D eigenvalue weighted by Crippen LogP contribution is -2.17. The monoisotopic (exact) mass is 431 g/mol. The van der Waals surface area contributed by atoms with E-state index in [0.717, 1.165) is 23.5 Å². The van der Waals surface area contributed by atoms with Crippen molar-refractivity contribution in [3.05, 3.63) is 89.7 Å². The molecule has 3 aromatic rings. The van der Waals surface area contributed by atoms with E-state index in [-0.39, 0.29) is 11.3 Å². The minimum atomic E-state index is -0.288. The summed E-state index contributed by atoms with van der Waals surface area (Å²) in [6.07, 6.45) is 5.47. The van der Waals surface area contributed by atoms with Crippen molar-refractivity contribution in [3.8, 4) is 11.5 Å². The first-order valence-electron chi connectivity index (χ1n) is 10.6. The van der Waals surface area contributed by atoms with Crippen molar-refractivity contribution in [1.82, 2.24) is 10.4 Å². The summed E-state index contributed by atoms with van der Waals surface area (Å²) in [5.74, 6) is 1.32. The van der Waals surface area contributed by atoms with Crippen LogP contribution in [0.4, 0.5) is 0 Å². The molecule has 3 rings (SSSR count). The first kappa shape index (κ1) is 23.0. The fraction of sp³-hybridized carbons (Fsp3) is 0.269. The molecule has 0 aliphatic heterocycles. The number of aromatic nitrogens is 1. The van der Waals surface area contributed by atoms with Crippen LogP contribution < -0.4 is 14.9 Å². The van der Waals surface area contributed by atoms with Crippen LogP contribution in [0.2, 0.25) is 0 Å². The summed E-state index contributed by atoms with van der Waals surface area (Å²) in [7, 11) is 0. The van der Waals surface area contributed by atoms with Crippen molar-refractivity contribution in [2.45, 2.75) is 32.6 Å². The predicted octanol–water partition coefficient (Wildman–Crippen LogP) is 4.99. The standard InChI is InChI=1S/C26H29N3O3/c1-26(2,3)22-8-10-23(11-9-22)31-16-5-17-32-24-7-4-6-20(18-24)19-28-29-25(30)21-12-14-27-15-13-21/h4,6-15,18-19H,5,16-17H2,1-3H3,(H,29,30)/b28-19+. The van der Waals surface area contributed by atoms with Gasteiger partial charge in [-0.3, -0.25) is 9.78 Å². The molecule has 0 bridgehead atoms. The molecular formula is C26H29N3O3. The number of carbonyl (C=O) groups is 1. The molecule has 6 nitrogen and oxygen atoms in total. The van der Waals surface area contributed by atoms with E-state index in [1.54, 1.807) is 30.7 Å². The molecule has 0 atom stereocenters. The molecule has 166 valence electrons. The second-order valence-corrected chi connectivity index (χ2v) is 8.33. The Morgan fingerprint density at radius 1 is 0.969 bits per heavy atom. The van der Waals surface area contributed by atoms with Crippen LogP contribution in [0.3, 0.4) is 0 Å². The molecule has 1 aromatic heterocycles. The fourth-order valence-electron chi connectivity index (χ4n) is 2.91. The molecule has 1 amide bonds. The summed E-state index contributed by atoms with van der Waals surface area (Å²) < 4.78 is 11.6. The van der Waals surface area contributed by atoms with Gasteiger partial charge in [0.05, 0.1) is 19.4 Å². The maximum Gasteiger partial charge on any atom is 0.271 e. The topological polar surface area (TPSA) is 72.8 Å². The molecule has 0 aliphatic carbocycles. The molecule has 1 N–H and O–H groups in total. The Balaban J connectivity index is 1.40. The van der Waals surface area contributed by atoms with Crippen molar-refractivity contribution in [2.75, 3.05) is 13.2 Å². The average molecular weight is 432 g/mol. The number of nitrogens with zero attached hydrogens (tertiary/aromatic N) is 2. The number of pyridine rings is 1. The van der Waals surface area contributed by atoms with Crippen LogP contribution in [0.15, 0.2) is 78.2 Å². The summed E-state index contributed by atoms with van der Waals surface area (Å²) in [4.78, 5) is 15.9. The highest BCUT2D eigenvalue weighted by atomic mass is 16.5. The molecule has 0 unspecified atom stereocenters. The van der Waals surface area contributed by atoms with E-state index in [4.69, 9.17) is 9.47 Å². The molecule has 0 radical (unpaired) electrons. The van der Waals surface area contributed by atoms with E-state index in [1.165, 1.54) is 5.56 Å². The molecular weight excluding hydrogens is 402 g/mol. The minimum absolute atomic E-state index is 0.136. The van der Waals surface area contributed by atoms with E-state index in [9.17, 15) is 4.79 Å². The maximum atomic E-state index is 12.0. The lowest BCUT2D eigenvalue weighted by Gasteiger charge is -2.19. The Kier molecular flexibility index (Phi) is 7.97. The van der Waals surface area contributed by atoms with Crippen LogP contribution in [0.1, 0.15) is 48.7 Å². The van der Waals surface area contributed by atoms with Crippen LogP contribution in [0.25, 0.3) is 0 Å². The van der Waals surface area contributed by atoms with Gasteiger partial charge in [0.25, 0.3) is 5.91 Å². The smallest absolute Gasteiger partial charge is 0.271 e. The number of benzene rings is 2. The number of rotatable bonds is 9. The Morgan fingerprint density at radius 2 is 1.66 bits per heavy atom. The molecule has 32 heavy (non-hydrogen) atoms. The average Bonchev–Trinajstić information content (AvgIpc) is 2.79. The van der Waals surface area contributed by atoms with Gasteiger partial charge in [-0.05, 0) is 52.9 Å². The number of hydrazone groups is 1. The minimum Gasteiger partial charge on any atom is -0.493 e. The number of amides is 1. The first-order valence-corrected chi connectivity index (χ1v) is 10.6. The third-order valence-electron chi connectivity index (χ3n) is 4.73. The number of hydrogen-bond donors (Lipinski definition) is 1. The van der Waals surface area contributed by atoms with E-state index in [1.807, 2.05) is 36.4 Å². The van der Waals surface area contributed by atoms with Crippen molar-refractivity contribution in [2.24, 2.45) is 5.10 Å². The van der Waals surface area contributed by atoms with Gasteiger partial charge in [-0.1, -0.05) is 45.0 Å². The van der Waals surface area contributed by atoms with E-state index in [0.29, 0.717) is 18.8 Å². The molecule has 0 fully saturated rings. The summed E-state index contributed by atoms with van der Waals surface area (Å²) >= 11 is 0. The second kappa shape index (κ2) is 11.1. The number of hydrogen-bond acceptors (Lipinski definition) is 5. The third-order valence-corrected chi connectivity index (χ3v) is 4.73. The van der Waals surface area contributed by atoms with Crippen LogP contribution in [-0.4, -0.2) is 30.3 Å². The quantitative estimate of drug-likeness (QED) is 0.294. The number of nitrogens with one attached hydrogen (secondary N) is 1. The molecule has 1 heterocycles. The highest BCUT2D eigenvalue weighted by Crippen LogP contribution is 2.24. The molecule has 2 aromatic carbocycles. The van der Waals surface area contributed by atoms with Gasteiger partial charge in [-0.15, -0.1) is 0 Å². The van der Waals surface area contributed by atoms with Crippen molar-refractivity contribution in [3.63, 3.8) is 0 Å². The molecule has 0 aliphatic rings.